The summed E-state index contributed by atoms with van der Waals surface area (Å²) in [5.41, 5.74) is 0. The van der Waals surface area contributed by atoms with Crippen molar-refractivity contribution in [3.63, 3.8) is 0 Å². The highest BCUT2D eigenvalue weighted by Gasteiger charge is 3.07. The highest BCUT2D eigenvalue weighted by Crippen LogP contribution is 2.71. The number of sulfonamides is 2. The molecule has 1 N–H and O–H groups in total. The summed E-state index contributed by atoms with van der Waals surface area (Å²) in [4.78, 5) is -1.22. The first-order valence-corrected chi connectivity index (χ1v) is 7.57. The molecule has 0 amide bonds. The third-order valence-electron chi connectivity index (χ3n) is 3.32. The molecule has 86 valence electrons. The molecule has 0 radical (unpaired) electrons. The zero-order valence-electron chi connectivity index (χ0n) is 7.99. The van der Waals surface area contributed by atoms with E-state index in [0.717, 1.165) is 4.31 Å². The lowest BCUT2D eigenvalue weighted by Crippen LogP contribution is -2.20. The minimum absolute atomic E-state index is 0.0160. The average Bonchev–Trinajstić information content (AvgIpc) is 2.89. The van der Waals surface area contributed by atoms with Crippen LogP contribution in [0.3, 0.4) is 0 Å². The van der Waals surface area contributed by atoms with Gasteiger partial charge >= 0.3 is 25.0 Å². The molecule has 3 rings (SSSR count). The Morgan fingerprint density at radius 1 is 1.47 bits per heavy atom. The van der Waals surface area contributed by atoms with Crippen molar-refractivity contribution >= 4 is 20.0 Å². The van der Waals surface area contributed by atoms with Gasteiger partial charge in [0.2, 0.25) is 5.88 Å². The number of hydrogen-bond donors (Lipinski definition) is 1. The molecule has 4 atom stereocenters. The molecule has 3 aliphatic heterocycles. The van der Waals surface area contributed by atoms with E-state index in [9.17, 15) is 16.8 Å². The molecule has 0 aliphatic carbocycles. The third-order valence-corrected chi connectivity index (χ3v) is 7.91. The van der Waals surface area contributed by atoms with Gasteiger partial charge in [0.25, 0.3) is 0 Å². The Morgan fingerprint density at radius 2 is 2.00 bits per heavy atom. The first-order valence-electron chi connectivity index (χ1n) is 4.52. The second kappa shape index (κ2) is 2.09. The van der Waals surface area contributed by atoms with Crippen molar-refractivity contribution in [2.75, 3.05) is 19.0 Å². The van der Waals surface area contributed by atoms with Gasteiger partial charge in [-0.05, 0) is 6.92 Å². The van der Waals surface area contributed by atoms with Crippen LogP contribution in [0.25, 0.3) is 0 Å². The van der Waals surface area contributed by atoms with Crippen molar-refractivity contribution in [2.45, 2.75) is 18.0 Å². The lowest BCUT2D eigenvalue weighted by molar-refractivity contribution is -0.602. The highest BCUT2D eigenvalue weighted by molar-refractivity contribution is 7.99. The highest BCUT2D eigenvalue weighted by atomic mass is 32.2. The third kappa shape index (κ3) is 0.804. The number of rotatable bonds is 2. The molecular formula is C6H11N2O5S2+. The van der Waals surface area contributed by atoms with Gasteiger partial charge in [0, 0.05) is 6.54 Å². The molecule has 3 aliphatic rings. The molecule has 0 aromatic rings. The summed E-state index contributed by atoms with van der Waals surface area (Å²) >= 11 is 0. The van der Waals surface area contributed by atoms with E-state index >= 15 is 0 Å². The van der Waals surface area contributed by atoms with Crippen molar-refractivity contribution in [3.05, 3.63) is 0 Å². The summed E-state index contributed by atoms with van der Waals surface area (Å²) in [7, 11) is -6.70. The van der Waals surface area contributed by atoms with E-state index in [1.165, 1.54) is 6.92 Å². The van der Waals surface area contributed by atoms with E-state index < -0.39 is 31.1 Å². The predicted octanol–water partition coefficient (Wildman–Crippen LogP) is -2.20. The smallest absolute Gasteiger partial charge is 0.352 e. The molecule has 15 heavy (non-hydrogen) atoms. The molecule has 0 aromatic carbocycles. The summed E-state index contributed by atoms with van der Waals surface area (Å²) < 4.78 is 46.5. The molecule has 0 saturated carbocycles. The Morgan fingerprint density at radius 3 is 2.33 bits per heavy atom. The van der Waals surface area contributed by atoms with Crippen LogP contribution in [0.15, 0.2) is 0 Å². The number of aliphatic hydroxyl groups excluding tert-OH is 1. The normalized spacial score (nSPS) is 54.1. The summed E-state index contributed by atoms with van der Waals surface area (Å²) in [6, 6.07) is 0. The van der Waals surface area contributed by atoms with Crippen molar-refractivity contribution in [3.8, 4) is 0 Å². The van der Waals surface area contributed by atoms with Gasteiger partial charge in [-0.1, -0.05) is 0 Å². The second-order valence-electron chi connectivity index (χ2n) is 4.39. The van der Waals surface area contributed by atoms with Crippen molar-refractivity contribution in [2.24, 2.45) is 0 Å². The van der Waals surface area contributed by atoms with Gasteiger partial charge in [0.1, 0.15) is 0 Å². The van der Waals surface area contributed by atoms with Gasteiger partial charge in [-0.25, -0.2) is 8.42 Å². The van der Waals surface area contributed by atoms with Gasteiger partial charge in [-0.3, -0.25) is 0 Å². The molecule has 0 bridgehead atoms. The molecule has 2 spiro atoms. The van der Waals surface area contributed by atoms with Gasteiger partial charge in [0.05, 0.1) is 6.10 Å². The quantitative estimate of drug-likeness (QED) is 0.446. The fourth-order valence-electron chi connectivity index (χ4n) is 2.38. The molecule has 3 fully saturated rings. The number of aliphatic hydroxyl groups is 1. The summed E-state index contributed by atoms with van der Waals surface area (Å²) in [5, 5.41) is 9.11. The zero-order valence-corrected chi connectivity index (χ0v) is 9.62. The van der Waals surface area contributed by atoms with Crippen molar-refractivity contribution in [1.82, 2.24) is 4.31 Å². The van der Waals surface area contributed by atoms with Crippen molar-refractivity contribution in [1.29, 1.82) is 0 Å². The predicted molar refractivity (Wildman–Crippen MR) is 49.0 cm³/mol. The monoisotopic (exact) mass is 255 g/mol. The SMILES string of the molecule is CC(O)CN1C2(C[N+]23CS3(=O)=O)S1(=O)=O. The Balaban J connectivity index is 1.94. The fraction of sp³-hybridized carbons (Fsp3) is 1.00. The van der Waals surface area contributed by atoms with Crippen LogP contribution >= 0.6 is 0 Å². The van der Waals surface area contributed by atoms with Crippen LogP contribution < -0.4 is 0 Å². The number of quaternary nitrogens is 1. The van der Waals surface area contributed by atoms with Crippen LogP contribution in [-0.4, -0.2) is 60.2 Å². The Labute approximate surface area is 87.6 Å². The maximum Gasteiger partial charge on any atom is 0.352 e. The van der Waals surface area contributed by atoms with E-state index in [4.69, 9.17) is 5.11 Å². The van der Waals surface area contributed by atoms with Crippen LogP contribution in [0.2, 0.25) is 0 Å². The standard InChI is InChI=1S/C6H11N2O5S2/c1-5(9)2-7-6(15(7,12)13)3-8(6)4-14(8,10)11/h5,9H,2-4H2,1H3/q+1. The van der Waals surface area contributed by atoms with Crippen LogP contribution in [0.1, 0.15) is 6.92 Å². The minimum atomic E-state index is -3.47. The summed E-state index contributed by atoms with van der Waals surface area (Å²) in [5.74, 6) is -0.0808. The van der Waals surface area contributed by atoms with E-state index in [0.29, 0.717) is 0 Å². The maximum absolute atomic E-state index is 11.6. The lowest BCUT2D eigenvalue weighted by atomic mass is 10.4. The molecule has 9 heteroatoms. The second-order valence-corrected chi connectivity index (χ2v) is 8.55. The summed E-state index contributed by atoms with van der Waals surface area (Å²) in [6.07, 6.45) is -0.776. The van der Waals surface area contributed by atoms with Crippen LogP contribution in [-0.2, 0) is 20.0 Å². The molecule has 4 unspecified atom stereocenters. The van der Waals surface area contributed by atoms with Crippen LogP contribution in [0.5, 0.6) is 0 Å². The number of β-amino-alcohol motifs (C(OH)–C–C–N with tert-alkyl or cyclic N) is 1. The lowest BCUT2D eigenvalue weighted by Gasteiger charge is -1.98. The molecular weight excluding hydrogens is 244 g/mol. The van der Waals surface area contributed by atoms with Gasteiger partial charge in [-0.2, -0.15) is 12.3 Å². The Kier molecular flexibility index (Phi) is 1.39. The number of hydrogen-bond acceptors (Lipinski definition) is 5. The Hall–Kier alpha value is -0.220. The average molecular weight is 255 g/mol. The first-order chi connectivity index (χ1) is 6.71. The Bertz CT molecular complexity index is 552. The summed E-state index contributed by atoms with van der Waals surface area (Å²) in [6.45, 7) is 1.59. The topological polar surface area (TPSA) is 91.5 Å². The molecule has 0 aromatic heterocycles. The molecule has 7 nitrogen and oxygen atoms in total. The number of nitrogens with zero attached hydrogens (tertiary/aromatic N) is 2. The van der Waals surface area contributed by atoms with Gasteiger partial charge < -0.3 is 5.11 Å². The van der Waals surface area contributed by atoms with Crippen LogP contribution in [0, 0.1) is 0 Å². The fourth-order valence-corrected chi connectivity index (χ4v) is 7.57. The zero-order chi connectivity index (χ0) is 11.3. The van der Waals surface area contributed by atoms with E-state index in [-0.39, 0.29) is 22.9 Å². The molecule has 3 saturated heterocycles. The first kappa shape index (κ1) is 9.97. The number of fused-ring (bicyclic) bond motifs is 1. The largest absolute Gasteiger partial charge is 0.392 e. The van der Waals surface area contributed by atoms with Crippen molar-refractivity contribution < 1.29 is 25.8 Å². The van der Waals surface area contributed by atoms with E-state index in [2.05, 4.69) is 0 Å². The maximum atomic E-state index is 11.6. The van der Waals surface area contributed by atoms with Crippen LogP contribution in [0.4, 0.5) is 0 Å². The van der Waals surface area contributed by atoms with Gasteiger partial charge in [-0.15, -0.1) is 4.31 Å². The van der Waals surface area contributed by atoms with Gasteiger partial charge in [0.15, 0.2) is 6.54 Å². The van der Waals surface area contributed by atoms with E-state index in [1.807, 2.05) is 0 Å². The van der Waals surface area contributed by atoms with E-state index in [1.54, 1.807) is 0 Å². The minimum Gasteiger partial charge on any atom is -0.392 e. The molecule has 3 heterocycles.